The van der Waals surface area contributed by atoms with Gasteiger partial charge in [0.2, 0.25) is 5.91 Å². The fourth-order valence-corrected chi connectivity index (χ4v) is 2.77. The summed E-state index contributed by atoms with van der Waals surface area (Å²) in [6, 6.07) is 14.5. The molecular formula is C19H21N3O3. The molecule has 3 amide bonds. The number of nitrogens with one attached hydrogen (secondary N) is 2. The Morgan fingerprint density at radius 2 is 2.00 bits per heavy atom. The zero-order valence-electron chi connectivity index (χ0n) is 14.1. The number of urea groups is 1. The van der Waals surface area contributed by atoms with Crippen LogP contribution in [-0.4, -0.2) is 25.6 Å². The van der Waals surface area contributed by atoms with Crippen LogP contribution < -0.4 is 20.3 Å². The maximum atomic E-state index is 12.1. The normalized spacial score (nSPS) is 13.6. The molecule has 0 aliphatic carbocycles. The van der Waals surface area contributed by atoms with E-state index in [1.165, 1.54) is 0 Å². The highest BCUT2D eigenvalue weighted by Crippen LogP contribution is 2.24. The Morgan fingerprint density at radius 1 is 1.20 bits per heavy atom. The molecule has 0 unspecified atom stereocenters. The monoisotopic (exact) mass is 339 g/mol. The number of amides is 3. The molecule has 130 valence electrons. The molecule has 6 heteroatoms. The molecule has 25 heavy (non-hydrogen) atoms. The third-order valence-corrected chi connectivity index (χ3v) is 4.10. The summed E-state index contributed by atoms with van der Waals surface area (Å²) in [6.45, 7) is 1.14. The molecule has 0 saturated carbocycles. The van der Waals surface area contributed by atoms with Gasteiger partial charge in [-0.2, -0.15) is 0 Å². The van der Waals surface area contributed by atoms with E-state index >= 15 is 0 Å². The summed E-state index contributed by atoms with van der Waals surface area (Å²) in [7, 11) is 1.62. The van der Waals surface area contributed by atoms with E-state index in [1.54, 1.807) is 18.1 Å². The highest BCUT2D eigenvalue weighted by molar-refractivity contribution is 5.96. The van der Waals surface area contributed by atoms with Crippen LogP contribution in [-0.2, 0) is 11.3 Å². The molecule has 0 spiro atoms. The van der Waals surface area contributed by atoms with Gasteiger partial charge in [-0.1, -0.05) is 18.2 Å². The van der Waals surface area contributed by atoms with Gasteiger partial charge in [0.15, 0.2) is 0 Å². The average molecular weight is 339 g/mol. The second-order valence-corrected chi connectivity index (χ2v) is 5.86. The van der Waals surface area contributed by atoms with E-state index in [4.69, 9.17) is 4.74 Å². The van der Waals surface area contributed by atoms with Crippen LogP contribution >= 0.6 is 0 Å². The number of nitrogens with zero attached hydrogens (tertiary/aromatic N) is 1. The number of methoxy groups -OCH3 is 1. The minimum Gasteiger partial charge on any atom is -0.497 e. The second-order valence-electron chi connectivity index (χ2n) is 5.86. The lowest BCUT2D eigenvalue weighted by Gasteiger charge is -2.17. The highest BCUT2D eigenvalue weighted by Gasteiger charge is 2.21. The zero-order chi connectivity index (χ0) is 17.6. The van der Waals surface area contributed by atoms with Gasteiger partial charge in [-0.15, -0.1) is 0 Å². The topological polar surface area (TPSA) is 70.7 Å². The highest BCUT2D eigenvalue weighted by atomic mass is 16.5. The summed E-state index contributed by atoms with van der Waals surface area (Å²) in [4.78, 5) is 25.7. The molecule has 2 aromatic carbocycles. The number of hydrogen-bond donors (Lipinski definition) is 2. The lowest BCUT2D eigenvalue weighted by Crippen LogP contribution is -2.28. The molecule has 1 fully saturated rings. The Labute approximate surface area is 146 Å². The van der Waals surface area contributed by atoms with Crippen molar-refractivity contribution < 1.29 is 14.3 Å². The number of benzene rings is 2. The molecule has 0 atom stereocenters. The first-order valence-corrected chi connectivity index (χ1v) is 8.24. The van der Waals surface area contributed by atoms with Crippen molar-refractivity contribution in [3.8, 4) is 5.75 Å². The average Bonchev–Trinajstić information content (AvgIpc) is 3.06. The van der Waals surface area contributed by atoms with E-state index in [-0.39, 0.29) is 11.9 Å². The summed E-state index contributed by atoms with van der Waals surface area (Å²) < 4.78 is 5.11. The molecule has 1 saturated heterocycles. The largest absolute Gasteiger partial charge is 0.497 e. The van der Waals surface area contributed by atoms with Gasteiger partial charge in [-0.25, -0.2) is 4.79 Å². The van der Waals surface area contributed by atoms with Crippen molar-refractivity contribution >= 4 is 23.3 Å². The zero-order valence-corrected chi connectivity index (χ0v) is 14.1. The van der Waals surface area contributed by atoms with E-state index in [9.17, 15) is 9.59 Å². The molecule has 1 aliphatic rings. The Bertz CT molecular complexity index is 759. The van der Waals surface area contributed by atoms with Crippen molar-refractivity contribution in [1.29, 1.82) is 0 Å². The van der Waals surface area contributed by atoms with Crippen molar-refractivity contribution in [2.45, 2.75) is 19.4 Å². The smallest absolute Gasteiger partial charge is 0.319 e. The number of ether oxygens (including phenoxy) is 1. The Morgan fingerprint density at radius 3 is 2.68 bits per heavy atom. The van der Waals surface area contributed by atoms with Gasteiger partial charge in [-0.3, -0.25) is 4.79 Å². The quantitative estimate of drug-likeness (QED) is 0.879. The third-order valence-electron chi connectivity index (χ3n) is 4.10. The molecule has 0 radical (unpaired) electrons. The van der Waals surface area contributed by atoms with Gasteiger partial charge in [0, 0.05) is 30.9 Å². The fourth-order valence-electron chi connectivity index (χ4n) is 2.77. The molecule has 6 nitrogen and oxygen atoms in total. The number of hydrogen-bond acceptors (Lipinski definition) is 3. The number of rotatable bonds is 5. The fraction of sp³-hybridized carbons (Fsp3) is 0.263. The van der Waals surface area contributed by atoms with Gasteiger partial charge in [0.25, 0.3) is 0 Å². The van der Waals surface area contributed by atoms with Gasteiger partial charge in [-0.05, 0) is 42.3 Å². The summed E-state index contributed by atoms with van der Waals surface area (Å²) in [5.41, 5.74) is 2.45. The maximum absolute atomic E-state index is 12.1. The first kappa shape index (κ1) is 16.8. The van der Waals surface area contributed by atoms with Crippen LogP contribution in [0.1, 0.15) is 18.4 Å². The van der Waals surface area contributed by atoms with E-state index in [0.717, 1.165) is 30.0 Å². The molecule has 2 aromatic rings. The summed E-state index contributed by atoms with van der Waals surface area (Å²) in [5.74, 6) is 0.905. The van der Waals surface area contributed by atoms with Crippen molar-refractivity contribution in [2.75, 3.05) is 23.9 Å². The predicted molar refractivity (Wildman–Crippen MR) is 96.9 cm³/mol. The Hall–Kier alpha value is -3.02. The van der Waals surface area contributed by atoms with Crippen molar-refractivity contribution in [1.82, 2.24) is 5.32 Å². The number of anilines is 2. The van der Waals surface area contributed by atoms with E-state index in [1.807, 2.05) is 42.5 Å². The SMILES string of the molecule is COc1ccc(CNC(=O)Nc2cccc(N3CCCC3=O)c2)cc1. The molecule has 0 bridgehead atoms. The van der Waals surface area contributed by atoms with Crippen LogP contribution in [0, 0.1) is 0 Å². The molecular weight excluding hydrogens is 318 g/mol. The lowest BCUT2D eigenvalue weighted by atomic mass is 10.2. The van der Waals surface area contributed by atoms with Crippen molar-refractivity contribution in [3.63, 3.8) is 0 Å². The summed E-state index contributed by atoms with van der Waals surface area (Å²) in [5, 5.41) is 5.61. The maximum Gasteiger partial charge on any atom is 0.319 e. The third kappa shape index (κ3) is 4.29. The first-order chi connectivity index (χ1) is 12.2. The lowest BCUT2D eigenvalue weighted by molar-refractivity contribution is -0.117. The van der Waals surface area contributed by atoms with Gasteiger partial charge >= 0.3 is 6.03 Å². The van der Waals surface area contributed by atoms with Crippen LogP contribution in [0.25, 0.3) is 0 Å². The Balaban J connectivity index is 1.56. The second kappa shape index (κ2) is 7.70. The van der Waals surface area contributed by atoms with Crippen molar-refractivity contribution in [3.05, 3.63) is 54.1 Å². The summed E-state index contributed by atoms with van der Waals surface area (Å²) in [6.07, 6.45) is 1.46. The molecule has 1 heterocycles. The van der Waals surface area contributed by atoms with Crippen LogP contribution in [0.2, 0.25) is 0 Å². The molecule has 0 aromatic heterocycles. The van der Waals surface area contributed by atoms with Gasteiger partial charge < -0.3 is 20.3 Å². The van der Waals surface area contributed by atoms with Crippen molar-refractivity contribution in [2.24, 2.45) is 0 Å². The number of carbonyl (C=O) groups excluding carboxylic acids is 2. The first-order valence-electron chi connectivity index (χ1n) is 8.24. The van der Waals surface area contributed by atoms with E-state index in [2.05, 4.69) is 10.6 Å². The summed E-state index contributed by atoms with van der Waals surface area (Å²) >= 11 is 0. The Kier molecular flexibility index (Phi) is 5.18. The number of carbonyl (C=O) groups is 2. The predicted octanol–water partition coefficient (Wildman–Crippen LogP) is 3.14. The minimum absolute atomic E-state index is 0.126. The van der Waals surface area contributed by atoms with Crippen LogP contribution in [0.3, 0.4) is 0 Å². The van der Waals surface area contributed by atoms with E-state index in [0.29, 0.717) is 18.7 Å². The van der Waals surface area contributed by atoms with Gasteiger partial charge in [0.1, 0.15) is 5.75 Å². The van der Waals surface area contributed by atoms with Gasteiger partial charge in [0.05, 0.1) is 7.11 Å². The molecule has 1 aliphatic heterocycles. The van der Waals surface area contributed by atoms with Crippen LogP contribution in [0.5, 0.6) is 5.75 Å². The molecule has 2 N–H and O–H groups in total. The minimum atomic E-state index is -0.291. The molecule has 3 rings (SSSR count). The van der Waals surface area contributed by atoms with Crippen LogP contribution in [0.4, 0.5) is 16.2 Å². The standard InChI is InChI=1S/C19H21N3O3/c1-25-17-9-7-14(8-10-17)13-20-19(24)21-15-4-2-5-16(12-15)22-11-3-6-18(22)23/h2,4-5,7-10,12H,3,6,11,13H2,1H3,(H2,20,21,24). The van der Waals surface area contributed by atoms with E-state index < -0.39 is 0 Å². The van der Waals surface area contributed by atoms with Crippen LogP contribution in [0.15, 0.2) is 48.5 Å².